The second kappa shape index (κ2) is 14.4. The summed E-state index contributed by atoms with van der Waals surface area (Å²) >= 11 is 6.48. The molecule has 0 aliphatic carbocycles. The van der Waals surface area contributed by atoms with Gasteiger partial charge in [0.2, 0.25) is 5.91 Å². The minimum atomic E-state index is -0.998. The Balaban J connectivity index is 2.11. The first-order valence-corrected chi connectivity index (χ1v) is 14.7. The highest BCUT2D eigenvalue weighted by Crippen LogP contribution is 2.31. The van der Waals surface area contributed by atoms with E-state index < -0.39 is 35.6 Å². The first-order valence-electron chi connectivity index (χ1n) is 14.3. The summed E-state index contributed by atoms with van der Waals surface area (Å²) in [5, 5.41) is 6.20. The van der Waals surface area contributed by atoms with E-state index in [4.69, 9.17) is 16.3 Å². The van der Waals surface area contributed by atoms with Crippen molar-refractivity contribution in [1.29, 1.82) is 0 Å². The number of benzene rings is 3. The second-order valence-electron chi connectivity index (χ2n) is 11.6. The maximum Gasteiger partial charge on any atom is 0.408 e. The van der Waals surface area contributed by atoms with Gasteiger partial charge in [0.05, 0.1) is 10.7 Å². The van der Waals surface area contributed by atoms with E-state index in [2.05, 4.69) is 10.6 Å². The fourth-order valence-electron chi connectivity index (χ4n) is 4.74. The first-order chi connectivity index (χ1) is 19.8. The van der Waals surface area contributed by atoms with Gasteiger partial charge in [0.1, 0.15) is 17.7 Å². The maximum atomic E-state index is 14.6. The van der Waals surface area contributed by atoms with Gasteiger partial charge in [-0.25, -0.2) is 4.79 Å². The highest BCUT2D eigenvalue weighted by Gasteiger charge is 2.39. The lowest BCUT2D eigenvalue weighted by Crippen LogP contribution is -2.55. The summed E-state index contributed by atoms with van der Waals surface area (Å²) in [7, 11) is 0. The Morgan fingerprint density at radius 1 is 0.952 bits per heavy atom. The molecular weight excluding hydrogens is 550 g/mol. The topological polar surface area (TPSA) is 87.7 Å². The molecule has 0 radical (unpaired) electrons. The third-order valence-electron chi connectivity index (χ3n) is 6.95. The van der Waals surface area contributed by atoms with Crippen LogP contribution in [0.15, 0.2) is 72.8 Å². The average Bonchev–Trinajstić information content (AvgIpc) is 2.92. The molecule has 3 rings (SSSR count). The van der Waals surface area contributed by atoms with E-state index in [1.807, 2.05) is 94.4 Å². The molecule has 2 N–H and O–H groups in total. The van der Waals surface area contributed by atoms with Crippen molar-refractivity contribution in [2.24, 2.45) is 0 Å². The van der Waals surface area contributed by atoms with Crippen LogP contribution < -0.4 is 10.6 Å². The molecule has 3 aromatic carbocycles. The number of carbonyl (C=O) groups excluding carboxylic acids is 3. The summed E-state index contributed by atoms with van der Waals surface area (Å²) in [6.45, 7) is 13.0. The van der Waals surface area contributed by atoms with Crippen molar-refractivity contribution in [2.75, 3.05) is 5.32 Å². The maximum absolute atomic E-state index is 14.6. The number of rotatable bonds is 10. The Morgan fingerprint density at radius 2 is 1.62 bits per heavy atom. The average molecular weight is 592 g/mol. The van der Waals surface area contributed by atoms with Crippen LogP contribution in [0.5, 0.6) is 0 Å². The number of amides is 3. The van der Waals surface area contributed by atoms with Crippen molar-refractivity contribution in [3.8, 4) is 0 Å². The lowest BCUT2D eigenvalue weighted by molar-refractivity contribution is -0.143. The molecule has 0 spiro atoms. The molecule has 3 atom stereocenters. The van der Waals surface area contributed by atoms with Crippen molar-refractivity contribution in [3.63, 3.8) is 0 Å². The van der Waals surface area contributed by atoms with Crippen molar-refractivity contribution in [1.82, 2.24) is 10.2 Å². The molecule has 0 bridgehead atoms. The summed E-state index contributed by atoms with van der Waals surface area (Å²) in [6.07, 6.45) is 0.0957. The van der Waals surface area contributed by atoms with Crippen LogP contribution in [0.3, 0.4) is 0 Å². The van der Waals surface area contributed by atoms with E-state index in [-0.39, 0.29) is 12.5 Å². The Hall–Kier alpha value is -3.84. The van der Waals surface area contributed by atoms with Crippen molar-refractivity contribution < 1.29 is 19.1 Å². The zero-order chi connectivity index (χ0) is 31.0. The molecule has 8 heteroatoms. The quantitative estimate of drug-likeness (QED) is 0.257. The molecule has 0 heterocycles. The summed E-state index contributed by atoms with van der Waals surface area (Å²) in [5.41, 5.74) is 3.00. The van der Waals surface area contributed by atoms with Gasteiger partial charge >= 0.3 is 6.09 Å². The third-order valence-corrected chi connectivity index (χ3v) is 7.26. The number of carbonyl (C=O) groups is 3. The molecule has 42 heavy (non-hydrogen) atoms. The van der Waals surface area contributed by atoms with Gasteiger partial charge in [-0.2, -0.15) is 0 Å². The van der Waals surface area contributed by atoms with Crippen molar-refractivity contribution in [3.05, 3.63) is 100 Å². The molecule has 0 fully saturated rings. The van der Waals surface area contributed by atoms with Gasteiger partial charge in [0.15, 0.2) is 0 Å². The minimum Gasteiger partial charge on any atom is -0.444 e. The first kappa shape index (κ1) is 32.7. The smallest absolute Gasteiger partial charge is 0.408 e. The van der Waals surface area contributed by atoms with Gasteiger partial charge in [0.25, 0.3) is 5.91 Å². The van der Waals surface area contributed by atoms with Gasteiger partial charge in [-0.15, -0.1) is 0 Å². The largest absolute Gasteiger partial charge is 0.444 e. The zero-order valence-electron chi connectivity index (χ0n) is 25.5. The van der Waals surface area contributed by atoms with Gasteiger partial charge in [-0.05, 0) is 70.7 Å². The monoisotopic (exact) mass is 591 g/mol. The Kier molecular flexibility index (Phi) is 11.2. The van der Waals surface area contributed by atoms with Crippen LogP contribution >= 0.6 is 11.6 Å². The fraction of sp³-hybridized carbons (Fsp3) is 0.382. The number of para-hydroxylation sites is 1. The molecule has 0 saturated carbocycles. The number of halogens is 1. The van der Waals surface area contributed by atoms with Gasteiger partial charge < -0.3 is 20.3 Å². The molecule has 0 saturated heterocycles. The van der Waals surface area contributed by atoms with E-state index in [1.165, 1.54) is 0 Å². The highest BCUT2D eigenvalue weighted by molar-refractivity contribution is 6.34. The van der Waals surface area contributed by atoms with Crippen LogP contribution in [-0.4, -0.2) is 40.5 Å². The SMILES string of the molecule is CCC(C)N(C(=O)C(Cc1ccccc1)NC(=O)OC(C)(C)C)C(C(=O)Nc1c(C)cccc1Cl)c1cccc(C)c1. The summed E-state index contributed by atoms with van der Waals surface area (Å²) in [6, 6.07) is 20.1. The van der Waals surface area contributed by atoms with Crippen LogP contribution in [0, 0.1) is 13.8 Å². The number of aryl methyl sites for hydroxylation is 2. The van der Waals surface area contributed by atoms with Crippen LogP contribution in [-0.2, 0) is 20.7 Å². The fourth-order valence-corrected chi connectivity index (χ4v) is 5.00. The highest BCUT2D eigenvalue weighted by atomic mass is 35.5. The predicted molar refractivity (Wildman–Crippen MR) is 169 cm³/mol. The number of hydrogen-bond acceptors (Lipinski definition) is 4. The van der Waals surface area contributed by atoms with E-state index in [0.29, 0.717) is 22.7 Å². The zero-order valence-corrected chi connectivity index (χ0v) is 26.3. The Labute approximate surface area is 254 Å². The van der Waals surface area contributed by atoms with E-state index in [0.717, 1.165) is 16.7 Å². The normalized spacial score (nSPS) is 13.4. The number of hydrogen-bond donors (Lipinski definition) is 2. The Morgan fingerprint density at radius 3 is 2.21 bits per heavy atom. The summed E-state index contributed by atoms with van der Waals surface area (Å²) in [5.74, 6) is -0.794. The molecule has 3 unspecified atom stereocenters. The van der Waals surface area contributed by atoms with Crippen LogP contribution in [0.1, 0.15) is 69.3 Å². The molecule has 7 nitrogen and oxygen atoms in total. The molecule has 0 aromatic heterocycles. The summed E-state index contributed by atoms with van der Waals surface area (Å²) in [4.78, 5) is 43.3. The molecule has 0 aliphatic rings. The molecule has 224 valence electrons. The molecule has 3 aromatic rings. The van der Waals surface area contributed by atoms with Gasteiger partial charge in [-0.1, -0.05) is 90.8 Å². The predicted octanol–water partition coefficient (Wildman–Crippen LogP) is 7.40. The lowest BCUT2D eigenvalue weighted by atomic mass is 9.97. The molecular formula is C34H42ClN3O4. The summed E-state index contributed by atoms with van der Waals surface area (Å²) < 4.78 is 5.52. The van der Waals surface area contributed by atoms with E-state index in [1.54, 1.807) is 31.7 Å². The second-order valence-corrected chi connectivity index (χ2v) is 12.0. The molecule has 3 amide bonds. The molecule has 0 aliphatic heterocycles. The minimum absolute atomic E-state index is 0.220. The number of nitrogens with zero attached hydrogens (tertiary/aromatic N) is 1. The van der Waals surface area contributed by atoms with E-state index in [9.17, 15) is 14.4 Å². The Bertz CT molecular complexity index is 1370. The van der Waals surface area contributed by atoms with Crippen LogP contribution in [0.4, 0.5) is 10.5 Å². The number of alkyl carbamates (subject to hydrolysis) is 1. The van der Waals surface area contributed by atoms with Crippen molar-refractivity contribution >= 4 is 35.2 Å². The van der Waals surface area contributed by atoms with E-state index >= 15 is 0 Å². The number of ether oxygens (including phenoxy) is 1. The number of anilines is 1. The lowest BCUT2D eigenvalue weighted by Gasteiger charge is -2.38. The van der Waals surface area contributed by atoms with Gasteiger partial charge in [-0.3, -0.25) is 9.59 Å². The van der Waals surface area contributed by atoms with Crippen LogP contribution in [0.25, 0.3) is 0 Å². The standard InChI is InChI=1S/C34H42ClN3O4/c1-8-24(4)38(32(40)28(21-25-16-10-9-11-17-25)36-33(41)42-34(5,6)7)30(26-18-12-14-22(2)20-26)31(39)37-29-23(3)15-13-19-27(29)35/h9-20,24,28,30H,8,21H2,1-7H3,(H,36,41)(H,37,39). The van der Waals surface area contributed by atoms with Gasteiger partial charge in [0, 0.05) is 12.5 Å². The third kappa shape index (κ3) is 8.83. The van der Waals surface area contributed by atoms with Crippen molar-refractivity contribution in [2.45, 2.75) is 85.0 Å². The van der Waals surface area contributed by atoms with Crippen LogP contribution in [0.2, 0.25) is 5.02 Å². The number of nitrogens with one attached hydrogen (secondary N) is 2.